The Morgan fingerprint density at radius 3 is 2.41 bits per heavy atom. The molecule has 1 amide bonds. The van der Waals surface area contributed by atoms with Gasteiger partial charge in [-0.2, -0.15) is 0 Å². The molecule has 0 aliphatic carbocycles. The maximum atomic E-state index is 12.4. The number of aliphatic hydroxyl groups excluding tert-OH is 1. The van der Waals surface area contributed by atoms with Crippen LogP contribution >= 0.6 is 11.6 Å². The van der Waals surface area contributed by atoms with Crippen molar-refractivity contribution >= 4 is 23.7 Å². The number of rotatable bonds is 4. The molecule has 0 radical (unpaired) electrons. The first kappa shape index (κ1) is 21.5. The Labute approximate surface area is 165 Å². The number of hydrogen-bond donors (Lipinski definition) is 1. The van der Waals surface area contributed by atoms with E-state index in [2.05, 4.69) is 0 Å². The van der Waals surface area contributed by atoms with Gasteiger partial charge in [-0.15, -0.1) is 0 Å². The van der Waals surface area contributed by atoms with Crippen molar-refractivity contribution < 1.29 is 24.2 Å². The minimum absolute atomic E-state index is 0.106. The van der Waals surface area contributed by atoms with Crippen molar-refractivity contribution in [3.05, 3.63) is 34.9 Å². The molecule has 0 spiro atoms. The quantitative estimate of drug-likeness (QED) is 0.782. The SMILES string of the molecule is COC(=O)C(C1CCN(C(=O)OC(C)(C)C)CC1)C(O)c1cccc(Cl)c1. The van der Waals surface area contributed by atoms with Crippen LogP contribution in [0.5, 0.6) is 0 Å². The molecule has 1 heterocycles. The first-order valence-corrected chi connectivity index (χ1v) is 9.49. The Morgan fingerprint density at radius 2 is 1.89 bits per heavy atom. The zero-order valence-corrected chi connectivity index (χ0v) is 17.0. The molecule has 2 atom stereocenters. The van der Waals surface area contributed by atoms with Crippen molar-refractivity contribution in [3.63, 3.8) is 0 Å². The molecule has 1 saturated heterocycles. The van der Waals surface area contributed by atoms with Gasteiger partial charge in [-0.3, -0.25) is 4.79 Å². The summed E-state index contributed by atoms with van der Waals surface area (Å²) >= 11 is 6.01. The van der Waals surface area contributed by atoms with Gasteiger partial charge < -0.3 is 19.5 Å². The number of carbonyl (C=O) groups excluding carboxylic acids is 2. The van der Waals surface area contributed by atoms with E-state index in [9.17, 15) is 14.7 Å². The lowest BCUT2D eigenvalue weighted by atomic mass is 9.79. The van der Waals surface area contributed by atoms with E-state index < -0.39 is 23.6 Å². The number of ether oxygens (including phenoxy) is 2. The number of benzene rings is 1. The predicted octanol–water partition coefficient (Wildman–Crippen LogP) is 3.81. The third-order valence-electron chi connectivity index (χ3n) is 4.70. The summed E-state index contributed by atoms with van der Waals surface area (Å²) < 4.78 is 10.3. The molecule has 1 aromatic carbocycles. The van der Waals surface area contributed by atoms with Gasteiger partial charge in [0, 0.05) is 18.1 Å². The van der Waals surface area contributed by atoms with Gasteiger partial charge in [-0.25, -0.2) is 4.79 Å². The molecule has 2 rings (SSSR count). The van der Waals surface area contributed by atoms with Crippen LogP contribution < -0.4 is 0 Å². The predicted molar refractivity (Wildman–Crippen MR) is 102 cm³/mol. The van der Waals surface area contributed by atoms with Crippen LogP contribution in [-0.4, -0.2) is 47.9 Å². The lowest BCUT2D eigenvalue weighted by Gasteiger charge is -2.37. The Bertz CT molecular complexity index is 665. The molecular weight excluding hydrogens is 370 g/mol. The van der Waals surface area contributed by atoms with E-state index in [0.29, 0.717) is 36.5 Å². The first-order chi connectivity index (χ1) is 12.6. The highest BCUT2D eigenvalue weighted by molar-refractivity contribution is 6.30. The molecule has 1 N–H and O–H groups in total. The van der Waals surface area contributed by atoms with E-state index in [1.165, 1.54) is 7.11 Å². The molecule has 6 nitrogen and oxygen atoms in total. The van der Waals surface area contributed by atoms with Crippen molar-refractivity contribution in [2.75, 3.05) is 20.2 Å². The summed E-state index contributed by atoms with van der Waals surface area (Å²) in [6.07, 6.45) is -0.215. The van der Waals surface area contributed by atoms with Crippen molar-refractivity contribution in [1.82, 2.24) is 4.90 Å². The van der Waals surface area contributed by atoms with Crippen LogP contribution in [0.25, 0.3) is 0 Å². The average Bonchev–Trinajstić information content (AvgIpc) is 2.60. The standard InChI is InChI=1S/C20H28ClNO5/c1-20(2,3)27-19(25)22-10-8-13(9-11-22)16(18(24)26-4)17(23)14-6-5-7-15(21)12-14/h5-7,12-13,16-17,23H,8-11H2,1-4H3. The number of methoxy groups -OCH3 is 1. The molecular formula is C20H28ClNO5. The van der Waals surface area contributed by atoms with Crippen LogP contribution in [0.4, 0.5) is 4.79 Å². The molecule has 1 fully saturated rings. The Kier molecular flexibility index (Phi) is 7.12. The Balaban J connectivity index is 2.09. The van der Waals surface area contributed by atoms with Crippen molar-refractivity contribution in [2.24, 2.45) is 11.8 Å². The number of halogens is 1. The third-order valence-corrected chi connectivity index (χ3v) is 4.94. The molecule has 2 unspecified atom stereocenters. The maximum Gasteiger partial charge on any atom is 0.410 e. The lowest BCUT2D eigenvalue weighted by Crippen LogP contribution is -2.44. The minimum atomic E-state index is -1.02. The number of carbonyl (C=O) groups is 2. The van der Waals surface area contributed by atoms with Crippen LogP contribution in [0.15, 0.2) is 24.3 Å². The number of piperidine rings is 1. The third kappa shape index (κ3) is 5.84. The van der Waals surface area contributed by atoms with E-state index >= 15 is 0 Å². The molecule has 1 aromatic rings. The number of hydrogen-bond acceptors (Lipinski definition) is 5. The zero-order chi connectivity index (χ0) is 20.2. The molecule has 1 aliphatic heterocycles. The van der Waals surface area contributed by atoms with Gasteiger partial charge in [0.2, 0.25) is 0 Å². The Hall–Kier alpha value is -1.79. The van der Waals surface area contributed by atoms with Gasteiger partial charge in [0.1, 0.15) is 5.60 Å². The van der Waals surface area contributed by atoms with Gasteiger partial charge in [-0.05, 0) is 57.2 Å². The van der Waals surface area contributed by atoms with Gasteiger partial charge in [0.15, 0.2) is 0 Å². The molecule has 1 aliphatic rings. The van der Waals surface area contributed by atoms with Gasteiger partial charge >= 0.3 is 12.1 Å². The summed E-state index contributed by atoms with van der Waals surface area (Å²) in [4.78, 5) is 26.3. The first-order valence-electron chi connectivity index (χ1n) is 9.11. The van der Waals surface area contributed by atoms with Crippen LogP contribution in [0.2, 0.25) is 5.02 Å². The highest BCUT2D eigenvalue weighted by Gasteiger charge is 2.39. The second-order valence-electron chi connectivity index (χ2n) is 7.85. The van der Waals surface area contributed by atoms with Gasteiger partial charge in [0.25, 0.3) is 0 Å². The van der Waals surface area contributed by atoms with Crippen LogP contribution in [0.3, 0.4) is 0 Å². The molecule has 0 saturated carbocycles. The average molecular weight is 398 g/mol. The minimum Gasteiger partial charge on any atom is -0.469 e. The summed E-state index contributed by atoms with van der Waals surface area (Å²) in [6, 6.07) is 6.84. The fraction of sp³-hybridized carbons (Fsp3) is 0.600. The second kappa shape index (κ2) is 8.93. The van der Waals surface area contributed by atoms with E-state index in [4.69, 9.17) is 21.1 Å². The van der Waals surface area contributed by atoms with Crippen molar-refractivity contribution in [2.45, 2.75) is 45.3 Å². The fourth-order valence-electron chi connectivity index (χ4n) is 3.38. The molecule has 150 valence electrons. The topological polar surface area (TPSA) is 76.1 Å². The monoisotopic (exact) mass is 397 g/mol. The Morgan fingerprint density at radius 1 is 1.26 bits per heavy atom. The largest absolute Gasteiger partial charge is 0.469 e. The van der Waals surface area contributed by atoms with E-state index in [1.807, 2.05) is 20.8 Å². The second-order valence-corrected chi connectivity index (χ2v) is 8.29. The van der Waals surface area contributed by atoms with Gasteiger partial charge in [-0.1, -0.05) is 23.7 Å². The smallest absolute Gasteiger partial charge is 0.410 e. The molecule has 27 heavy (non-hydrogen) atoms. The summed E-state index contributed by atoms with van der Waals surface area (Å²) in [5, 5.41) is 11.3. The number of aliphatic hydroxyl groups is 1. The normalized spacial score (nSPS) is 17.9. The summed E-state index contributed by atoms with van der Waals surface area (Å²) in [6.45, 7) is 6.41. The van der Waals surface area contributed by atoms with Crippen molar-refractivity contribution in [3.8, 4) is 0 Å². The highest BCUT2D eigenvalue weighted by Crippen LogP contribution is 2.36. The van der Waals surface area contributed by atoms with Crippen LogP contribution in [-0.2, 0) is 14.3 Å². The lowest BCUT2D eigenvalue weighted by molar-refractivity contribution is -0.153. The summed E-state index contributed by atoms with van der Waals surface area (Å²) in [5.41, 5.74) is 0.0260. The molecule has 0 bridgehead atoms. The van der Waals surface area contributed by atoms with Gasteiger partial charge in [0.05, 0.1) is 19.1 Å². The van der Waals surface area contributed by atoms with Crippen molar-refractivity contribution in [1.29, 1.82) is 0 Å². The number of esters is 1. The fourth-order valence-corrected chi connectivity index (χ4v) is 3.58. The van der Waals surface area contributed by atoms with Crippen LogP contribution in [0, 0.1) is 11.8 Å². The number of likely N-dealkylation sites (tertiary alicyclic amines) is 1. The molecule has 0 aromatic heterocycles. The van der Waals surface area contributed by atoms with Crippen LogP contribution in [0.1, 0.15) is 45.3 Å². The highest BCUT2D eigenvalue weighted by atomic mass is 35.5. The van der Waals surface area contributed by atoms with E-state index in [-0.39, 0.29) is 12.0 Å². The summed E-state index contributed by atoms with van der Waals surface area (Å²) in [7, 11) is 1.32. The molecule has 7 heteroatoms. The number of amides is 1. The van der Waals surface area contributed by atoms with E-state index in [0.717, 1.165) is 0 Å². The zero-order valence-electron chi connectivity index (χ0n) is 16.3. The maximum absolute atomic E-state index is 12.4. The summed E-state index contributed by atoms with van der Waals surface area (Å²) in [5.74, 6) is -1.28. The van der Waals surface area contributed by atoms with E-state index in [1.54, 1.807) is 29.2 Å². The number of nitrogens with zero attached hydrogens (tertiary/aromatic N) is 1.